The molecule has 0 saturated heterocycles. The SMILES string of the molecule is CCCCCCCOc1cc(CNC)nc2ccccc12. The van der Waals surface area contributed by atoms with Gasteiger partial charge in [0, 0.05) is 18.0 Å². The summed E-state index contributed by atoms with van der Waals surface area (Å²) in [6.07, 6.45) is 6.29. The van der Waals surface area contributed by atoms with Gasteiger partial charge in [0.25, 0.3) is 0 Å². The van der Waals surface area contributed by atoms with Crippen molar-refractivity contribution in [1.29, 1.82) is 0 Å². The van der Waals surface area contributed by atoms with Crippen molar-refractivity contribution >= 4 is 10.9 Å². The lowest BCUT2D eigenvalue weighted by Crippen LogP contribution is -2.08. The predicted octanol–water partition coefficient (Wildman–Crippen LogP) is 4.30. The molecule has 2 aromatic rings. The average molecular weight is 286 g/mol. The molecular formula is C18H26N2O. The summed E-state index contributed by atoms with van der Waals surface area (Å²) in [5.41, 5.74) is 2.03. The van der Waals surface area contributed by atoms with Gasteiger partial charge in [-0.2, -0.15) is 0 Å². The lowest BCUT2D eigenvalue weighted by atomic mass is 10.1. The minimum atomic E-state index is 0.762. The topological polar surface area (TPSA) is 34.1 Å². The number of hydrogen-bond acceptors (Lipinski definition) is 3. The minimum Gasteiger partial charge on any atom is -0.493 e. The normalized spacial score (nSPS) is 11.0. The molecule has 0 bridgehead atoms. The summed E-state index contributed by atoms with van der Waals surface area (Å²) in [5, 5.41) is 4.25. The van der Waals surface area contributed by atoms with Crippen molar-refractivity contribution < 1.29 is 4.74 Å². The second-order valence-electron chi connectivity index (χ2n) is 5.42. The molecule has 114 valence electrons. The summed E-state index contributed by atoms with van der Waals surface area (Å²) in [4.78, 5) is 4.65. The van der Waals surface area contributed by atoms with Crippen molar-refractivity contribution in [2.24, 2.45) is 0 Å². The summed E-state index contributed by atoms with van der Waals surface area (Å²) in [7, 11) is 1.94. The fraction of sp³-hybridized carbons (Fsp3) is 0.500. The number of aromatic nitrogens is 1. The van der Waals surface area contributed by atoms with Crippen molar-refractivity contribution in [1.82, 2.24) is 10.3 Å². The van der Waals surface area contributed by atoms with Crippen LogP contribution in [0.3, 0.4) is 0 Å². The molecule has 0 aliphatic carbocycles. The van der Waals surface area contributed by atoms with Crippen LogP contribution in [0.15, 0.2) is 30.3 Å². The molecule has 0 spiro atoms. The Morgan fingerprint density at radius 2 is 1.90 bits per heavy atom. The Labute approximate surface area is 127 Å². The number of nitrogens with zero attached hydrogens (tertiary/aromatic N) is 1. The van der Waals surface area contributed by atoms with Gasteiger partial charge in [-0.1, -0.05) is 44.7 Å². The molecule has 3 nitrogen and oxygen atoms in total. The number of rotatable bonds is 9. The standard InChI is InChI=1S/C18H26N2O/c1-3-4-5-6-9-12-21-18-13-15(14-19-2)20-17-11-8-7-10-16(17)18/h7-8,10-11,13,19H,3-6,9,12,14H2,1-2H3. The largest absolute Gasteiger partial charge is 0.493 e. The fourth-order valence-corrected chi connectivity index (χ4v) is 2.47. The van der Waals surface area contributed by atoms with Crippen molar-refractivity contribution in [3.8, 4) is 5.75 Å². The van der Waals surface area contributed by atoms with E-state index in [1.807, 2.05) is 25.2 Å². The van der Waals surface area contributed by atoms with E-state index < -0.39 is 0 Å². The number of benzene rings is 1. The van der Waals surface area contributed by atoms with Crippen LogP contribution in [0, 0.1) is 0 Å². The Kier molecular flexibility index (Phi) is 6.48. The first-order chi connectivity index (χ1) is 10.3. The van der Waals surface area contributed by atoms with E-state index in [2.05, 4.69) is 29.4 Å². The molecule has 0 radical (unpaired) electrons. The lowest BCUT2D eigenvalue weighted by molar-refractivity contribution is 0.307. The first-order valence-electron chi connectivity index (χ1n) is 8.01. The number of fused-ring (bicyclic) bond motifs is 1. The molecule has 3 heteroatoms. The van der Waals surface area contributed by atoms with Crippen LogP contribution in [0.25, 0.3) is 10.9 Å². The lowest BCUT2D eigenvalue weighted by Gasteiger charge is -2.11. The average Bonchev–Trinajstić information content (AvgIpc) is 2.51. The zero-order valence-electron chi connectivity index (χ0n) is 13.2. The third kappa shape index (κ3) is 4.71. The molecular weight excluding hydrogens is 260 g/mol. The van der Waals surface area contributed by atoms with Gasteiger partial charge in [0.1, 0.15) is 5.75 Å². The molecule has 0 saturated carbocycles. The quantitative estimate of drug-likeness (QED) is 0.698. The fourth-order valence-electron chi connectivity index (χ4n) is 2.47. The molecule has 0 aliphatic heterocycles. The molecule has 0 aliphatic rings. The van der Waals surface area contributed by atoms with Gasteiger partial charge >= 0.3 is 0 Å². The summed E-state index contributed by atoms with van der Waals surface area (Å²) in [5.74, 6) is 0.960. The van der Waals surface area contributed by atoms with Crippen LogP contribution in [0.4, 0.5) is 0 Å². The van der Waals surface area contributed by atoms with Gasteiger partial charge in [-0.3, -0.25) is 4.98 Å². The van der Waals surface area contributed by atoms with Crippen molar-refractivity contribution in [3.05, 3.63) is 36.0 Å². The molecule has 21 heavy (non-hydrogen) atoms. The third-order valence-corrected chi connectivity index (χ3v) is 3.59. The predicted molar refractivity (Wildman–Crippen MR) is 88.8 cm³/mol. The molecule has 1 heterocycles. The maximum atomic E-state index is 6.02. The number of para-hydroxylation sites is 1. The Hall–Kier alpha value is -1.61. The Morgan fingerprint density at radius 3 is 2.71 bits per heavy atom. The molecule has 0 amide bonds. The number of hydrogen-bond donors (Lipinski definition) is 1. The van der Waals surface area contributed by atoms with Gasteiger partial charge in [0.05, 0.1) is 17.8 Å². The van der Waals surface area contributed by atoms with Crippen LogP contribution in [0.2, 0.25) is 0 Å². The van der Waals surface area contributed by atoms with Crippen LogP contribution in [-0.4, -0.2) is 18.6 Å². The van der Waals surface area contributed by atoms with Crippen molar-refractivity contribution in [2.75, 3.05) is 13.7 Å². The molecule has 0 unspecified atom stereocenters. The van der Waals surface area contributed by atoms with Crippen LogP contribution < -0.4 is 10.1 Å². The van der Waals surface area contributed by atoms with Gasteiger partial charge in [-0.25, -0.2) is 0 Å². The van der Waals surface area contributed by atoms with Crippen molar-refractivity contribution in [2.45, 2.75) is 45.6 Å². The number of ether oxygens (including phenoxy) is 1. The molecule has 0 fully saturated rings. The van der Waals surface area contributed by atoms with Gasteiger partial charge in [-0.05, 0) is 25.6 Å². The highest BCUT2D eigenvalue weighted by Gasteiger charge is 2.06. The van der Waals surface area contributed by atoms with Gasteiger partial charge in [-0.15, -0.1) is 0 Å². The highest BCUT2D eigenvalue weighted by molar-refractivity contribution is 5.85. The summed E-state index contributed by atoms with van der Waals surface area (Å²) in [6.45, 7) is 3.79. The van der Waals surface area contributed by atoms with E-state index in [1.165, 1.54) is 25.7 Å². The minimum absolute atomic E-state index is 0.762. The van der Waals surface area contributed by atoms with E-state index in [0.29, 0.717) is 0 Å². The summed E-state index contributed by atoms with van der Waals surface area (Å²) >= 11 is 0. The van der Waals surface area contributed by atoms with Crippen LogP contribution in [0.1, 0.15) is 44.7 Å². The van der Waals surface area contributed by atoms with Crippen LogP contribution in [0.5, 0.6) is 5.75 Å². The van der Waals surface area contributed by atoms with E-state index in [-0.39, 0.29) is 0 Å². The van der Waals surface area contributed by atoms with Crippen LogP contribution in [-0.2, 0) is 6.54 Å². The first-order valence-corrected chi connectivity index (χ1v) is 8.01. The zero-order chi connectivity index (χ0) is 14.9. The highest BCUT2D eigenvalue weighted by Crippen LogP contribution is 2.25. The highest BCUT2D eigenvalue weighted by atomic mass is 16.5. The number of nitrogens with one attached hydrogen (secondary N) is 1. The van der Waals surface area contributed by atoms with Crippen LogP contribution >= 0.6 is 0 Å². The maximum absolute atomic E-state index is 6.02. The van der Waals surface area contributed by atoms with Gasteiger partial charge in [0.2, 0.25) is 0 Å². The zero-order valence-corrected chi connectivity index (χ0v) is 13.2. The second-order valence-corrected chi connectivity index (χ2v) is 5.42. The third-order valence-electron chi connectivity index (χ3n) is 3.59. The molecule has 0 atom stereocenters. The first kappa shape index (κ1) is 15.8. The van der Waals surface area contributed by atoms with E-state index in [9.17, 15) is 0 Å². The molecule has 1 aromatic heterocycles. The van der Waals surface area contributed by atoms with E-state index in [1.54, 1.807) is 0 Å². The van der Waals surface area contributed by atoms with Gasteiger partial charge in [0.15, 0.2) is 0 Å². The molecule has 1 N–H and O–H groups in total. The number of unbranched alkanes of at least 4 members (excludes halogenated alkanes) is 4. The molecule has 2 rings (SSSR count). The van der Waals surface area contributed by atoms with E-state index in [0.717, 1.165) is 41.9 Å². The maximum Gasteiger partial charge on any atom is 0.130 e. The monoisotopic (exact) mass is 286 g/mol. The van der Waals surface area contributed by atoms with Gasteiger partial charge < -0.3 is 10.1 Å². The van der Waals surface area contributed by atoms with E-state index >= 15 is 0 Å². The smallest absolute Gasteiger partial charge is 0.130 e. The van der Waals surface area contributed by atoms with Crippen molar-refractivity contribution in [3.63, 3.8) is 0 Å². The Morgan fingerprint density at radius 1 is 1.10 bits per heavy atom. The van der Waals surface area contributed by atoms with E-state index in [4.69, 9.17) is 4.74 Å². The summed E-state index contributed by atoms with van der Waals surface area (Å²) < 4.78 is 6.02. The summed E-state index contributed by atoms with van der Waals surface area (Å²) in [6, 6.07) is 10.2. The Bertz CT molecular complexity index is 554. The Balaban J connectivity index is 2.03. The number of pyridine rings is 1. The second kappa shape index (κ2) is 8.63. The molecule has 1 aromatic carbocycles.